The summed E-state index contributed by atoms with van der Waals surface area (Å²) in [6, 6.07) is 5.88. The van der Waals surface area contributed by atoms with Gasteiger partial charge >= 0.3 is 0 Å². The van der Waals surface area contributed by atoms with Crippen LogP contribution in [0.2, 0.25) is 5.02 Å². The predicted molar refractivity (Wildman–Crippen MR) is 78.4 cm³/mol. The molecule has 0 heterocycles. The third-order valence-corrected chi connectivity index (χ3v) is 4.40. The molecule has 0 radical (unpaired) electrons. The minimum Gasteiger partial charge on any atom is -0.352 e. The third-order valence-electron chi connectivity index (χ3n) is 2.50. The summed E-state index contributed by atoms with van der Waals surface area (Å²) in [4.78, 5) is -0.0880. The molecule has 0 fully saturated rings. The normalized spacial score (nSPS) is 11.6. The average Bonchev–Trinajstić information content (AvgIpc) is 2.45. The van der Waals surface area contributed by atoms with Crippen LogP contribution in [0, 0.1) is 11.3 Å². The summed E-state index contributed by atoms with van der Waals surface area (Å²) in [6.07, 6.45) is -0.660. The lowest BCUT2D eigenvalue weighted by Crippen LogP contribution is -2.35. The van der Waals surface area contributed by atoms with Crippen LogP contribution in [0.15, 0.2) is 23.1 Å². The maximum absolute atomic E-state index is 12.2. The van der Waals surface area contributed by atoms with E-state index in [2.05, 4.69) is 4.72 Å². The van der Waals surface area contributed by atoms with Gasteiger partial charge in [0.25, 0.3) is 0 Å². The first-order valence-electron chi connectivity index (χ1n) is 6.37. The van der Waals surface area contributed by atoms with Crippen molar-refractivity contribution in [1.29, 1.82) is 5.26 Å². The van der Waals surface area contributed by atoms with Crippen molar-refractivity contribution in [1.82, 2.24) is 4.72 Å². The molecule has 1 aromatic carbocycles. The Bertz CT molecular complexity index is 607. The molecule has 0 atom stereocenters. The van der Waals surface area contributed by atoms with E-state index in [9.17, 15) is 8.42 Å². The first kappa shape index (κ1) is 17.9. The first-order valence-corrected chi connectivity index (χ1v) is 8.23. The summed E-state index contributed by atoms with van der Waals surface area (Å²) in [6.45, 7) is 4.37. The van der Waals surface area contributed by atoms with Crippen molar-refractivity contribution in [2.75, 3.05) is 19.8 Å². The minimum atomic E-state index is -3.80. The van der Waals surface area contributed by atoms with Crippen molar-refractivity contribution in [3.05, 3.63) is 28.8 Å². The molecule has 6 nitrogen and oxygen atoms in total. The van der Waals surface area contributed by atoms with Crippen LogP contribution >= 0.6 is 11.6 Å². The van der Waals surface area contributed by atoms with Crippen LogP contribution in [-0.2, 0) is 19.5 Å². The molecule has 0 saturated heterocycles. The summed E-state index contributed by atoms with van der Waals surface area (Å²) in [5.74, 6) is 0. The predicted octanol–water partition coefficient (Wildman–Crippen LogP) is 1.89. The number of sulfonamides is 1. The highest BCUT2D eigenvalue weighted by atomic mass is 35.5. The molecule has 0 amide bonds. The van der Waals surface area contributed by atoms with Crippen LogP contribution in [0.4, 0.5) is 0 Å². The maximum Gasteiger partial charge on any atom is 0.242 e. The lowest BCUT2D eigenvalue weighted by Gasteiger charge is -2.17. The third kappa shape index (κ3) is 5.26. The van der Waals surface area contributed by atoms with E-state index >= 15 is 0 Å². The minimum absolute atomic E-state index is 0.00841. The molecule has 0 aromatic heterocycles. The Labute approximate surface area is 129 Å². The fraction of sp³-hybridized carbons (Fsp3) is 0.462. The monoisotopic (exact) mass is 332 g/mol. The highest BCUT2D eigenvalue weighted by Gasteiger charge is 2.20. The van der Waals surface area contributed by atoms with Gasteiger partial charge in [-0.3, -0.25) is 0 Å². The number of nitriles is 1. The van der Waals surface area contributed by atoms with Crippen LogP contribution in [0.25, 0.3) is 0 Å². The zero-order valence-corrected chi connectivity index (χ0v) is 13.4. The second-order valence-electron chi connectivity index (χ2n) is 3.95. The molecule has 1 N–H and O–H groups in total. The Morgan fingerprint density at radius 3 is 2.43 bits per heavy atom. The van der Waals surface area contributed by atoms with Gasteiger partial charge < -0.3 is 9.47 Å². The highest BCUT2D eigenvalue weighted by Crippen LogP contribution is 2.22. The van der Waals surface area contributed by atoms with Gasteiger partial charge in [-0.05, 0) is 32.0 Å². The van der Waals surface area contributed by atoms with Crippen molar-refractivity contribution in [3.63, 3.8) is 0 Å². The Hall–Kier alpha value is -1.17. The van der Waals surface area contributed by atoms with Crippen molar-refractivity contribution in [2.45, 2.75) is 25.0 Å². The molecule has 0 aliphatic carbocycles. The lowest BCUT2D eigenvalue weighted by molar-refractivity contribution is -0.130. The molecule has 0 aliphatic rings. The molecule has 116 valence electrons. The van der Waals surface area contributed by atoms with Crippen LogP contribution in [-0.4, -0.2) is 34.5 Å². The maximum atomic E-state index is 12.2. The molecule has 0 saturated carbocycles. The fourth-order valence-electron chi connectivity index (χ4n) is 1.58. The average molecular weight is 333 g/mol. The second-order valence-corrected chi connectivity index (χ2v) is 6.09. The quantitative estimate of drug-likeness (QED) is 0.734. The Kier molecular flexibility index (Phi) is 7.08. The van der Waals surface area contributed by atoms with Gasteiger partial charge in [-0.1, -0.05) is 11.6 Å². The van der Waals surface area contributed by atoms with Gasteiger partial charge in [-0.15, -0.1) is 0 Å². The topological polar surface area (TPSA) is 88.4 Å². The summed E-state index contributed by atoms with van der Waals surface area (Å²) < 4.78 is 37.2. The van der Waals surface area contributed by atoms with E-state index in [-0.39, 0.29) is 16.5 Å². The molecule has 1 rings (SSSR count). The van der Waals surface area contributed by atoms with Crippen LogP contribution in [0.1, 0.15) is 19.4 Å². The molecule has 0 spiro atoms. The molecule has 1 aromatic rings. The Morgan fingerprint density at radius 1 is 1.33 bits per heavy atom. The van der Waals surface area contributed by atoms with Gasteiger partial charge in [0.2, 0.25) is 10.0 Å². The number of hydrogen-bond donors (Lipinski definition) is 1. The molecule has 0 unspecified atom stereocenters. The number of ether oxygens (including phenoxy) is 2. The van der Waals surface area contributed by atoms with Crippen molar-refractivity contribution >= 4 is 21.6 Å². The summed E-state index contributed by atoms with van der Waals surface area (Å²) in [5, 5.41) is 8.73. The molecule has 0 bridgehead atoms. The fourth-order valence-corrected chi connectivity index (χ4v) is 3.14. The van der Waals surface area contributed by atoms with E-state index in [0.29, 0.717) is 18.8 Å². The first-order chi connectivity index (χ1) is 9.94. The van der Waals surface area contributed by atoms with Crippen LogP contribution < -0.4 is 4.72 Å². The zero-order valence-electron chi connectivity index (χ0n) is 11.8. The van der Waals surface area contributed by atoms with E-state index in [4.69, 9.17) is 26.3 Å². The van der Waals surface area contributed by atoms with Crippen LogP contribution in [0.5, 0.6) is 0 Å². The van der Waals surface area contributed by atoms with Gasteiger partial charge in [0.1, 0.15) is 4.90 Å². The molecule has 0 aliphatic heterocycles. The number of hydrogen-bond acceptors (Lipinski definition) is 5. The number of nitrogens with one attached hydrogen (secondary N) is 1. The van der Waals surface area contributed by atoms with Gasteiger partial charge in [0, 0.05) is 13.2 Å². The second kappa shape index (κ2) is 8.32. The summed E-state index contributed by atoms with van der Waals surface area (Å²) in [7, 11) is -3.80. The number of rotatable bonds is 8. The number of nitrogens with zero attached hydrogens (tertiary/aromatic N) is 1. The van der Waals surface area contributed by atoms with Gasteiger partial charge in [-0.25, -0.2) is 13.1 Å². The lowest BCUT2D eigenvalue weighted by atomic mass is 10.2. The number of halogens is 1. The molecule has 8 heteroatoms. The standard InChI is InChI=1S/C13H17ClN2O4S/c1-3-19-13(20-4-2)9-16-21(17,18)12-6-5-10(8-15)7-11(12)14/h5-7,13,16H,3-4,9H2,1-2H3. The van der Waals surface area contributed by atoms with E-state index < -0.39 is 16.3 Å². The van der Waals surface area contributed by atoms with Crippen molar-refractivity contribution in [3.8, 4) is 6.07 Å². The molecular weight excluding hydrogens is 316 g/mol. The molecular formula is C13H17ClN2O4S. The van der Waals surface area contributed by atoms with E-state index in [1.165, 1.54) is 18.2 Å². The smallest absolute Gasteiger partial charge is 0.242 e. The van der Waals surface area contributed by atoms with E-state index in [1.807, 2.05) is 6.07 Å². The SMILES string of the molecule is CCOC(CNS(=O)(=O)c1ccc(C#N)cc1Cl)OCC. The van der Waals surface area contributed by atoms with E-state index in [0.717, 1.165) is 0 Å². The molecule has 21 heavy (non-hydrogen) atoms. The van der Waals surface area contributed by atoms with Gasteiger partial charge in [0.05, 0.1) is 23.2 Å². The van der Waals surface area contributed by atoms with Gasteiger partial charge in [0.15, 0.2) is 6.29 Å². The van der Waals surface area contributed by atoms with Crippen molar-refractivity contribution < 1.29 is 17.9 Å². The Morgan fingerprint density at radius 2 is 1.95 bits per heavy atom. The van der Waals surface area contributed by atoms with E-state index in [1.54, 1.807) is 13.8 Å². The summed E-state index contributed by atoms with van der Waals surface area (Å²) >= 11 is 5.90. The van der Waals surface area contributed by atoms with Gasteiger partial charge in [-0.2, -0.15) is 5.26 Å². The number of benzene rings is 1. The zero-order chi connectivity index (χ0) is 15.9. The largest absolute Gasteiger partial charge is 0.352 e. The summed E-state index contributed by atoms with van der Waals surface area (Å²) in [5.41, 5.74) is 0.292. The van der Waals surface area contributed by atoms with Crippen molar-refractivity contribution in [2.24, 2.45) is 0 Å². The highest BCUT2D eigenvalue weighted by molar-refractivity contribution is 7.89. The van der Waals surface area contributed by atoms with Crippen LogP contribution in [0.3, 0.4) is 0 Å². The Balaban J connectivity index is 2.84.